The summed E-state index contributed by atoms with van der Waals surface area (Å²) in [6.07, 6.45) is 5.93. The van der Waals surface area contributed by atoms with Gasteiger partial charge < -0.3 is 5.32 Å². The van der Waals surface area contributed by atoms with Crippen LogP contribution in [-0.4, -0.2) is 26.6 Å². The van der Waals surface area contributed by atoms with Crippen LogP contribution in [0.1, 0.15) is 41.6 Å². The SMILES string of the molecule is Cc1c(NS(C)(=O)=O)cccc1C(=O)N[C@@H]1C[C@H]2CC[C@H]1C2. The fraction of sp³-hybridized carbons (Fsp3) is 0.562. The standard InChI is InChI=1S/C16H22N2O3S/c1-10-13(4-3-5-14(10)18-22(2,20)21)16(19)17-15-9-11-6-7-12(15)8-11/h3-5,11-12,15,18H,6-9H2,1-2H3,(H,17,19)/t11-,12-,15+/m0/s1. The topological polar surface area (TPSA) is 75.3 Å². The van der Waals surface area contributed by atoms with Crippen LogP contribution >= 0.6 is 0 Å². The number of rotatable bonds is 4. The molecule has 2 bridgehead atoms. The van der Waals surface area contributed by atoms with Crippen LogP contribution < -0.4 is 10.0 Å². The maximum absolute atomic E-state index is 12.5. The lowest BCUT2D eigenvalue weighted by Crippen LogP contribution is -2.38. The van der Waals surface area contributed by atoms with E-state index in [4.69, 9.17) is 0 Å². The zero-order chi connectivity index (χ0) is 15.9. The Balaban J connectivity index is 1.76. The van der Waals surface area contributed by atoms with Gasteiger partial charge in [0.1, 0.15) is 0 Å². The Labute approximate surface area is 131 Å². The second kappa shape index (κ2) is 5.57. The average Bonchev–Trinajstić information content (AvgIpc) is 3.02. The quantitative estimate of drug-likeness (QED) is 0.893. The molecule has 0 radical (unpaired) electrons. The Morgan fingerprint density at radius 2 is 2.00 bits per heavy atom. The largest absolute Gasteiger partial charge is 0.349 e. The molecule has 22 heavy (non-hydrogen) atoms. The van der Waals surface area contributed by atoms with Gasteiger partial charge in [-0.2, -0.15) is 0 Å². The van der Waals surface area contributed by atoms with Crippen LogP contribution in [0.3, 0.4) is 0 Å². The van der Waals surface area contributed by atoms with E-state index in [2.05, 4.69) is 10.0 Å². The van der Waals surface area contributed by atoms with Crippen molar-refractivity contribution in [3.8, 4) is 0 Å². The molecule has 120 valence electrons. The van der Waals surface area contributed by atoms with Gasteiger partial charge in [-0.3, -0.25) is 9.52 Å². The Morgan fingerprint density at radius 3 is 2.59 bits per heavy atom. The molecule has 0 saturated heterocycles. The van der Waals surface area contributed by atoms with Crippen molar-refractivity contribution in [1.82, 2.24) is 5.32 Å². The van der Waals surface area contributed by atoms with Gasteiger partial charge in [-0.15, -0.1) is 0 Å². The lowest BCUT2D eigenvalue weighted by atomic mass is 9.95. The second-order valence-corrected chi connectivity index (χ2v) is 8.36. The monoisotopic (exact) mass is 322 g/mol. The molecule has 0 aliphatic heterocycles. The molecule has 2 fully saturated rings. The number of anilines is 1. The number of nitrogens with one attached hydrogen (secondary N) is 2. The van der Waals surface area contributed by atoms with Gasteiger partial charge in [-0.25, -0.2) is 8.42 Å². The predicted octanol–water partition coefficient (Wildman–Crippen LogP) is 2.28. The first kappa shape index (κ1) is 15.3. The lowest BCUT2D eigenvalue weighted by molar-refractivity contribution is 0.0922. The van der Waals surface area contributed by atoms with E-state index in [1.54, 1.807) is 25.1 Å². The molecule has 3 atom stereocenters. The van der Waals surface area contributed by atoms with Crippen molar-refractivity contribution < 1.29 is 13.2 Å². The molecule has 0 spiro atoms. The molecular formula is C16H22N2O3S. The molecule has 1 aromatic rings. The van der Waals surface area contributed by atoms with Crippen molar-refractivity contribution in [3.05, 3.63) is 29.3 Å². The number of benzene rings is 1. The van der Waals surface area contributed by atoms with Gasteiger partial charge in [0, 0.05) is 11.6 Å². The fourth-order valence-electron chi connectivity index (χ4n) is 3.86. The highest BCUT2D eigenvalue weighted by Gasteiger charge is 2.40. The number of carbonyl (C=O) groups is 1. The lowest BCUT2D eigenvalue weighted by Gasteiger charge is -2.23. The summed E-state index contributed by atoms with van der Waals surface area (Å²) >= 11 is 0. The summed E-state index contributed by atoms with van der Waals surface area (Å²) in [4.78, 5) is 12.5. The highest BCUT2D eigenvalue weighted by Crippen LogP contribution is 2.44. The number of hydrogen-bond acceptors (Lipinski definition) is 3. The number of sulfonamides is 1. The van der Waals surface area contributed by atoms with Crippen LogP contribution in [0.5, 0.6) is 0 Å². The molecule has 5 nitrogen and oxygen atoms in total. The van der Waals surface area contributed by atoms with Crippen molar-refractivity contribution in [2.24, 2.45) is 11.8 Å². The molecule has 3 rings (SSSR count). The van der Waals surface area contributed by atoms with E-state index in [0.717, 1.165) is 18.6 Å². The van der Waals surface area contributed by atoms with Gasteiger partial charge in [0.15, 0.2) is 0 Å². The normalized spacial score (nSPS) is 26.9. The maximum Gasteiger partial charge on any atom is 0.251 e. The van der Waals surface area contributed by atoms with Crippen LogP contribution in [0.25, 0.3) is 0 Å². The van der Waals surface area contributed by atoms with E-state index in [1.807, 2.05) is 0 Å². The zero-order valence-corrected chi connectivity index (χ0v) is 13.7. The molecule has 0 heterocycles. The van der Waals surface area contributed by atoms with Gasteiger partial charge in [0.25, 0.3) is 5.91 Å². The first-order valence-corrected chi connectivity index (χ1v) is 9.61. The molecule has 2 N–H and O–H groups in total. The van der Waals surface area contributed by atoms with Gasteiger partial charge in [-0.05, 0) is 55.7 Å². The van der Waals surface area contributed by atoms with Gasteiger partial charge >= 0.3 is 0 Å². The van der Waals surface area contributed by atoms with Crippen LogP contribution in [0, 0.1) is 18.8 Å². The van der Waals surface area contributed by atoms with Gasteiger partial charge in [0.2, 0.25) is 10.0 Å². The van der Waals surface area contributed by atoms with E-state index < -0.39 is 10.0 Å². The van der Waals surface area contributed by atoms with E-state index in [9.17, 15) is 13.2 Å². The molecule has 2 aliphatic carbocycles. The van der Waals surface area contributed by atoms with Crippen molar-refractivity contribution in [2.45, 2.75) is 38.6 Å². The Morgan fingerprint density at radius 1 is 1.23 bits per heavy atom. The van der Waals surface area contributed by atoms with Crippen LogP contribution in [-0.2, 0) is 10.0 Å². The zero-order valence-electron chi connectivity index (χ0n) is 12.9. The summed E-state index contributed by atoms with van der Waals surface area (Å²) in [6, 6.07) is 5.39. The van der Waals surface area contributed by atoms with E-state index in [0.29, 0.717) is 22.7 Å². The third-order valence-corrected chi connectivity index (χ3v) is 5.52. The summed E-state index contributed by atoms with van der Waals surface area (Å²) in [5.74, 6) is 1.29. The average molecular weight is 322 g/mol. The van der Waals surface area contributed by atoms with Crippen LogP contribution in [0.15, 0.2) is 18.2 Å². The highest BCUT2D eigenvalue weighted by atomic mass is 32.2. The van der Waals surface area contributed by atoms with Crippen LogP contribution in [0.4, 0.5) is 5.69 Å². The fourth-order valence-corrected chi connectivity index (χ4v) is 4.48. The Hall–Kier alpha value is -1.56. The molecule has 2 aliphatic rings. The Kier molecular flexibility index (Phi) is 3.89. The number of hydrogen-bond donors (Lipinski definition) is 2. The van der Waals surface area contributed by atoms with Crippen molar-refractivity contribution in [2.75, 3.05) is 11.0 Å². The van der Waals surface area contributed by atoms with Crippen LogP contribution in [0.2, 0.25) is 0 Å². The Bertz CT molecular complexity index is 699. The molecule has 0 unspecified atom stereocenters. The molecular weight excluding hydrogens is 300 g/mol. The summed E-state index contributed by atoms with van der Waals surface area (Å²) in [5.41, 5.74) is 1.66. The highest BCUT2D eigenvalue weighted by molar-refractivity contribution is 7.92. The minimum Gasteiger partial charge on any atom is -0.349 e. The molecule has 1 amide bonds. The first-order valence-electron chi connectivity index (χ1n) is 7.72. The van der Waals surface area contributed by atoms with E-state index in [1.165, 1.54) is 19.3 Å². The van der Waals surface area contributed by atoms with Gasteiger partial charge in [0.05, 0.1) is 11.9 Å². The maximum atomic E-state index is 12.5. The molecule has 6 heteroatoms. The second-order valence-electron chi connectivity index (χ2n) is 6.61. The van der Waals surface area contributed by atoms with E-state index >= 15 is 0 Å². The third-order valence-electron chi connectivity index (χ3n) is 4.93. The third kappa shape index (κ3) is 3.11. The predicted molar refractivity (Wildman–Crippen MR) is 86.3 cm³/mol. The number of carbonyl (C=O) groups excluding carboxylic acids is 1. The van der Waals surface area contributed by atoms with Gasteiger partial charge in [-0.1, -0.05) is 12.5 Å². The van der Waals surface area contributed by atoms with Crippen molar-refractivity contribution in [3.63, 3.8) is 0 Å². The van der Waals surface area contributed by atoms with Crippen molar-refractivity contribution in [1.29, 1.82) is 0 Å². The number of amides is 1. The number of fused-ring (bicyclic) bond motifs is 2. The minimum atomic E-state index is -3.35. The summed E-state index contributed by atoms with van der Waals surface area (Å²) in [6.45, 7) is 1.77. The summed E-state index contributed by atoms with van der Waals surface area (Å²) in [5, 5.41) is 3.14. The summed E-state index contributed by atoms with van der Waals surface area (Å²) in [7, 11) is -3.35. The summed E-state index contributed by atoms with van der Waals surface area (Å²) < 4.78 is 25.2. The molecule has 0 aromatic heterocycles. The van der Waals surface area contributed by atoms with Crippen molar-refractivity contribution >= 4 is 21.6 Å². The first-order chi connectivity index (χ1) is 10.3. The molecule has 1 aromatic carbocycles. The molecule has 2 saturated carbocycles. The minimum absolute atomic E-state index is 0.104. The smallest absolute Gasteiger partial charge is 0.251 e. The van der Waals surface area contributed by atoms with E-state index in [-0.39, 0.29) is 11.9 Å².